The summed E-state index contributed by atoms with van der Waals surface area (Å²) in [5.74, 6) is 0.518. The molecule has 0 amide bonds. The monoisotopic (exact) mass is 352 g/mol. The van der Waals surface area contributed by atoms with Crippen molar-refractivity contribution in [2.45, 2.75) is 58.5 Å². The summed E-state index contributed by atoms with van der Waals surface area (Å²) in [7, 11) is 0. The maximum Gasteiger partial charge on any atom is 0.334 e. The fraction of sp³-hybridized carbons (Fsp3) is 0.850. The van der Waals surface area contributed by atoms with Crippen LogP contribution >= 0.6 is 0 Å². The minimum Gasteiger partial charge on any atom is -0.458 e. The van der Waals surface area contributed by atoms with E-state index in [-0.39, 0.29) is 42.4 Å². The summed E-state index contributed by atoms with van der Waals surface area (Å²) in [6.07, 6.45) is 6.33. The van der Waals surface area contributed by atoms with Gasteiger partial charge in [-0.05, 0) is 67.8 Å². The Kier molecular flexibility index (Phi) is 5.29. The number of fused-ring (bicyclic) bond motifs is 1. The van der Waals surface area contributed by atoms with E-state index in [9.17, 15) is 20.1 Å². The molecule has 25 heavy (non-hydrogen) atoms. The van der Waals surface area contributed by atoms with Crippen molar-refractivity contribution in [3.05, 3.63) is 11.6 Å². The van der Waals surface area contributed by atoms with Crippen molar-refractivity contribution >= 4 is 5.97 Å². The zero-order valence-corrected chi connectivity index (χ0v) is 15.4. The molecule has 2 fully saturated rings. The second-order valence-electron chi connectivity index (χ2n) is 8.77. The summed E-state index contributed by atoms with van der Waals surface area (Å²) >= 11 is 0. The average molecular weight is 352 g/mol. The third-order valence-corrected chi connectivity index (χ3v) is 7.66. The standard InChI is InChI=1S/C20H32O5/c1-19-9-7-17(23)20(2,12-22)16(19)6-4-14(11-21)15(19)5-3-13-8-10-25-18(13)24/h8,14-17,21-23H,3-7,9-12H2,1-2H3. The Morgan fingerprint density at radius 1 is 1.24 bits per heavy atom. The van der Waals surface area contributed by atoms with Crippen LogP contribution in [0.5, 0.6) is 0 Å². The van der Waals surface area contributed by atoms with Crippen LogP contribution in [0.2, 0.25) is 0 Å². The van der Waals surface area contributed by atoms with Crippen molar-refractivity contribution in [3.8, 4) is 0 Å². The normalized spacial score (nSPS) is 44.2. The first-order chi connectivity index (χ1) is 11.9. The number of carbonyl (C=O) groups is 1. The summed E-state index contributed by atoms with van der Waals surface area (Å²) in [4.78, 5) is 11.7. The Labute approximate surface area is 150 Å². The molecule has 0 saturated heterocycles. The van der Waals surface area contributed by atoms with Crippen LogP contribution in [0.25, 0.3) is 0 Å². The van der Waals surface area contributed by atoms with Gasteiger partial charge in [0.25, 0.3) is 0 Å². The smallest absolute Gasteiger partial charge is 0.334 e. The zero-order chi connectivity index (χ0) is 18.2. The van der Waals surface area contributed by atoms with Gasteiger partial charge >= 0.3 is 5.97 Å². The molecule has 0 aromatic carbocycles. The number of esters is 1. The van der Waals surface area contributed by atoms with E-state index in [0.717, 1.165) is 31.3 Å². The Bertz CT molecular complexity index is 544. The fourth-order valence-corrected chi connectivity index (χ4v) is 6.07. The molecule has 0 aromatic heterocycles. The van der Waals surface area contributed by atoms with Gasteiger partial charge in [0.05, 0.1) is 12.7 Å². The molecule has 0 radical (unpaired) electrons. The van der Waals surface area contributed by atoms with E-state index in [1.54, 1.807) is 0 Å². The molecule has 0 aromatic rings. The van der Waals surface area contributed by atoms with Crippen LogP contribution in [-0.4, -0.2) is 47.2 Å². The van der Waals surface area contributed by atoms with Gasteiger partial charge in [0, 0.05) is 17.6 Å². The van der Waals surface area contributed by atoms with E-state index in [2.05, 4.69) is 6.92 Å². The Morgan fingerprint density at radius 2 is 2.00 bits per heavy atom. The van der Waals surface area contributed by atoms with Gasteiger partial charge in [-0.25, -0.2) is 4.79 Å². The average Bonchev–Trinajstić information content (AvgIpc) is 3.01. The molecular formula is C20H32O5. The van der Waals surface area contributed by atoms with Gasteiger partial charge in [0.1, 0.15) is 6.61 Å². The molecule has 2 saturated carbocycles. The quantitative estimate of drug-likeness (QED) is 0.659. The van der Waals surface area contributed by atoms with Gasteiger partial charge in [0.2, 0.25) is 0 Å². The highest BCUT2D eigenvalue weighted by Gasteiger charge is 2.58. The predicted molar refractivity (Wildman–Crippen MR) is 93.6 cm³/mol. The summed E-state index contributed by atoms with van der Waals surface area (Å²) < 4.78 is 5.01. The lowest BCUT2D eigenvalue weighted by atomic mass is 9.45. The Hall–Kier alpha value is -0.910. The number of rotatable bonds is 5. The van der Waals surface area contributed by atoms with Crippen LogP contribution in [0.4, 0.5) is 0 Å². The van der Waals surface area contributed by atoms with Gasteiger partial charge in [-0.15, -0.1) is 0 Å². The number of aliphatic hydroxyl groups is 3. The summed E-state index contributed by atoms with van der Waals surface area (Å²) in [5.41, 5.74) is 0.228. The molecule has 6 atom stereocenters. The lowest BCUT2D eigenvalue weighted by molar-refractivity contribution is -0.177. The van der Waals surface area contributed by atoms with E-state index in [0.29, 0.717) is 19.4 Å². The molecule has 142 valence electrons. The molecule has 1 aliphatic heterocycles. The number of ether oxygens (including phenoxy) is 1. The topological polar surface area (TPSA) is 87.0 Å². The van der Waals surface area contributed by atoms with Gasteiger partial charge in [-0.1, -0.05) is 13.8 Å². The van der Waals surface area contributed by atoms with Crippen LogP contribution in [-0.2, 0) is 9.53 Å². The molecule has 0 spiro atoms. The van der Waals surface area contributed by atoms with E-state index in [4.69, 9.17) is 4.74 Å². The fourth-order valence-electron chi connectivity index (χ4n) is 6.07. The molecule has 2 aliphatic carbocycles. The summed E-state index contributed by atoms with van der Waals surface area (Å²) in [6, 6.07) is 0. The Morgan fingerprint density at radius 3 is 2.60 bits per heavy atom. The van der Waals surface area contributed by atoms with Gasteiger partial charge < -0.3 is 20.1 Å². The molecule has 3 N–H and O–H groups in total. The summed E-state index contributed by atoms with van der Waals surface area (Å²) in [5, 5.41) is 30.5. The maximum absolute atomic E-state index is 11.7. The van der Waals surface area contributed by atoms with E-state index in [1.165, 1.54) is 0 Å². The van der Waals surface area contributed by atoms with Crippen molar-refractivity contribution in [3.63, 3.8) is 0 Å². The number of hydrogen-bond acceptors (Lipinski definition) is 5. The molecule has 5 heteroatoms. The minimum absolute atomic E-state index is 0.0115. The summed E-state index contributed by atoms with van der Waals surface area (Å²) in [6.45, 7) is 4.80. The SMILES string of the molecule is CC1(CO)C(O)CCC2(C)C(CCC3=CCOC3=O)C(CO)CCC12. The van der Waals surface area contributed by atoms with E-state index >= 15 is 0 Å². The highest BCUT2D eigenvalue weighted by Crippen LogP contribution is 2.62. The minimum atomic E-state index is -0.489. The molecule has 3 rings (SSSR count). The van der Waals surface area contributed by atoms with Crippen molar-refractivity contribution in [2.75, 3.05) is 19.8 Å². The lowest BCUT2D eigenvalue weighted by Crippen LogP contribution is -2.59. The predicted octanol–water partition coefficient (Wildman–Crippen LogP) is 2.04. The van der Waals surface area contributed by atoms with E-state index < -0.39 is 11.5 Å². The van der Waals surface area contributed by atoms with Gasteiger partial charge in [0.15, 0.2) is 0 Å². The lowest BCUT2D eigenvalue weighted by Gasteiger charge is -2.61. The molecular weight excluding hydrogens is 320 g/mol. The second kappa shape index (κ2) is 7.01. The molecule has 0 bridgehead atoms. The first-order valence-corrected chi connectivity index (χ1v) is 9.62. The van der Waals surface area contributed by atoms with Crippen molar-refractivity contribution in [2.24, 2.45) is 28.6 Å². The van der Waals surface area contributed by atoms with Crippen LogP contribution < -0.4 is 0 Å². The molecule has 6 unspecified atom stereocenters. The molecule has 1 heterocycles. The van der Waals surface area contributed by atoms with Gasteiger partial charge in [-0.2, -0.15) is 0 Å². The van der Waals surface area contributed by atoms with Crippen LogP contribution in [0.1, 0.15) is 52.4 Å². The van der Waals surface area contributed by atoms with Crippen LogP contribution in [0.3, 0.4) is 0 Å². The largest absolute Gasteiger partial charge is 0.458 e. The van der Waals surface area contributed by atoms with Crippen molar-refractivity contribution in [1.29, 1.82) is 0 Å². The van der Waals surface area contributed by atoms with E-state index in [1.807, 2.05) is 13.0 Å². The highest BCUT2D eigenvalue weighted by molar-refractivity contribution is 5.90. The van der Waals surface area contributed by atoms with Crippen LogP contribution in [0.15, 0.2) is 11.6 Å². The number of carbonyl (C=O) groups excluding carboxylic acids is 1. The highest BCUT2D eigenvalue weighted by atomic mass is 16.5. The first-order valence-electron chi connectivity index (χ1n) is 9.62. The number of cyclic esters (lactones) is 1. The third-order valence-electron chi connectivity index (χ3n) is 7.66. The molecule has 5 nitrogen and oxygen atoms in total. The zero-order valence-electron chi connectivity index (χ0n) is 15.4. The second-order valence-corrected chi connectivity index (χ2v) is 8.77. The Balaban J connectivity index is 1.84. The van der Waals surface area contributed by atoms with Crippen molar-refractivity contribution < 1.29 is 24.9 Å². The third kappa shape index (κ3) is 3.04. The van der Waals surface area contributed by atoms with Crippen LogP contribution in [0, 0.1) is 28.6 Å². The molecule has 3 aliphatic rings. The number of hydrogen-bond donors (Lipinski definition) is 3. The van der Waals surface area contributed by atoms with Crippen molar-refractivity contribution in [1.82, 2.24) is 0 Å². The van der Waals surface area contributed by atoms with Gasteiger partial charge in [-0.3, -0.25) is 0 Å². The maximum atomic E-state index is 11.7. The number of aliphatic hydroxyl groups excluding tert-OH is 3. The first kappa shape index (κ1) is 18.9.